The van der Waals surface area contributed by atoms with Gasteiger partial charge >= 0.3 is 0 Å². The lowest BCUT2D eigenvalue weighted by molar-refractivity contribution is 0.102. The molecule has 1 amide bonds. The molecule has 0 saturated carbocycles. The van der Waals surface area contributed by atoms with Gasteiger partial charge in [0.25, 0.3) is 5.91 Å². The van der Waals surface area contributed by atoms with Gasteiger partial charge in [-0.15, -0.1) is 11.8 Å². The van der Waals surface area contributed by atoms with E-state index in [9.17, 15) is 4.79 Å². The highest BCUT2D eigenvalue weighted by atomic mass is 32.2. The molecule has 0 saturated heterocycles. The summed E-state index contributed by atoms with van der Waals surface area (Å²) in [6.07, 6.45) is 3.90. The minimum atomic E-state index is -0.127. The molecule has 0 bridgehead atoms. The first-order chi connectivity index (χ1) is 15.1. The average molecular weight is 429 g/mol. The molecule has 156 valence electrons. The van der Waals surface area contributed by atoms with Crippen molar-refractivity contribution < 1.29 is 9.53 Å². The molecule has 0 aliphatic rings. The van der Waals surface area contributed by atoms with E-state index in [2.05, 4.69) is 5.32 Å². The van der Waals surface area contributed by atoms with Crippen LogP contribution < -0.4 is 10.1 Å². The predicted molar refractivity (Wildman–Crippen MR) is 128 cm³/mol. The fourth-order valence-corrected chi connectivity index (χ4v) is 4.02. The molecular formula is C26H24N2O2S. The van der Waals surface area contributed by atoms with Crippen molar-refractivity contribution in [2.45, 2.75) is 11.8 Å². The Morgan fingerprint density at radius 2 is 1.61 bits per heavy atom. The van der Waals surface area contributed by atoms with Gasteiger partial charge in [-0.3, -0.25) is 4.79 Å². The number of nitrogens with zero attached hydrogens (tertiary/aromatic N) is 1. The number of nitrogens with one attached hydrogen (secondary N) is 1. The molecule has 4 nitrogen and oxygen atoms in total. The highest BCUT2D eigenvalue weighted by Crippen LogP contribution is 2.36. The zero-order valence-corrected chi connectivity index (χ0v) is 18.6. The smallest absolute Gasteiger partial charge is 0.257 e. The highest BCUT2D eigenvalue weighted by Gasteiger charge is 2.20. The molecule has 4 aromatic rings. The van der Waals surface area contributed by atoms with Crippen LogP contribution in [0.3, 0.4) is 0 Å². The molecule has 0 fully saturated rings. The number of thioether (sulfide) groups is 1. The van der Waals surface area contributed by atoms with Crippen LogP contribution in [0.4, 0.5) is 5.69 Å². The van der Waals surface area contributed by atoms with Crippen molar-refractivity contribution in [1.29, 1.82) is 0 Å². The summed E-state index contributed by atoms with van der Waals surface area (Å²) in [6, 6.07) is 25.4. The lowest BCUT2D eigenvalue weighted by Gasteiger charge is -2.13. The molecule has 0 unspecified atom stereocenters. The van der Waals surface area contributed by atoms with Crippen molar-refractivity contribution >= 4 is 23.4 Å². The summed E-state index contributed by atoms with van der Waals surface area (Å²) < 4.78 is 8.13. The van der Waals surface area contributed by atoms with Crippen LogP contribution in [-0.2, 0) is 7.05 Å². The van der Waals surface area contributed by atoms with Gasteiger partial charge < -0.3 is 14.6 Å². The van der Waals surface area contributed by atoms with E-state index in [1.807, 2.05) is 110 Å². The number of aryl methyl sites for hydroxylation is 1. The molecule has 0 atom stereocenters. The maximum absolute atomic E-state index is 13.0. The second-order valence-corrected chi connectivity index (χ2v) is 8.10. The summed E-state index contributed by atoms with van der Waals surface area (Å²) in [7, 11) is 1.95. The number of benzene rings is 3. The van der Waals surface area contributed by atoms with Gasteiger partial charge in [-0.05, 0) is 67.3 Å². The first-order valence-corrected chi connectivity index (χ1v) is 11.2. The van der Waals surface area contributed by atoms with Crippen LogP contribution in [0.2, 0.25) is 0 Å². The number of carbonyl (C=O) groups is 1. The highest BCUT2D eigenvalue weighted by molar-refractivity contribution is 7.98. The largest absolute Gasteiger partial charge is 0.457 e. The van der Waals surface area contributed by atoms with Crippen molar-refractivity contribution in [1.82, 2.24) is 4.57 Å². The number of amides is 1. The Kier molecular flexibility index (Phi) is 6.14. The lowest BCUT2D eigenvalue weighted by atomic mass is 10.0. The van der Waals surface area contributed by atoms with E-state index in [4.69, 9.17) is 4.74 Å². The molecule has 3 aromatic carbocycles. The van der Waals surface area contributed by atoms with Gasteiger partial charge in [-0.1, -0.05) is 30.3 Å². The molecule has 31 heavy (non-hydrogen) atoms. The number of ether oxygens (including phenoxy) is 1. The number of anilines is 1. The Balaban J connectivity index is 1.65. The second kappa shape index (κ2) is 9.14. The number of carbonyl (C=O) groups excluding carboxylic acids is 1. The van der Waals surface area contributed by atoms with Gasteiger partial charge in [0, 0.05) is 29.4 Å². The molecule has 0 aliphatic heterocycles. The molecule has 4 rings (SSSR count). The van der Waals surface area contributed by atoms with E-state index < -0.39 is 0 Å². The number of hydrogen-bond donors (Lipinski definition) is 1. The number of rotatable bonds is 6. The van der Waals surface area contributed by atoms with Crippen molar-refractivity contribution in [2.24, 2.45) is 7.05 Å². The van der Waals surface area contributed by atoms with Gasteiger partial charge in [0.15, 0.2) is 0 Å². The van der Waals surface area contributed by atoms with Crippen LogP contribution in [0.25, 0.3) is 11.3 Å². The van der Waals surface area contributed by atoms with E-state index in [0.717, 1.165) is 38.9 Å². The Morgan fingerprint density at radius 3 is 2.32 bits per heavy atom. The molecule has 1 aromatic heterocycles. The minimum Gasteiger partial charge on any atom is -0.457 e. The van der Waals surface area contributed by atoms with Gasteiger partial charge in [0.1, 0.15) is 11.5 Å². The standard InChI is InChI=1S/C26H24N2O2S/c1-18-23(26(29)27-19-13-15-21(31-3)16-14-19)17-28(2)25(18)22-11-7-8-12-24(22)30-20-9-5-4-6-10-20/h4-17H,1-3H3,(H,27,29). The molecule has 1 heterocycles. The Hall–Kier alpha value is -3.44. The maximum atomic E-state index is 13.0. The van der Waals surface area contributed by atoms with Crippen molar-refractivity contribution in [2.75, 3.05) is 11.6 Å². The van der Waals surface area contributed by atoms with Crippen LogP contribution in [-0.4, -0.2) is 16.7 Å². The fourth-order valence-electron chi connectivity index (χ4n) is 3.61. The zero-order valence-electron chi connectivity index (χ0n) is 17.8. The molecular weight excluding hydrogens is 404 g/mol. The van der Waals surface area contributed by atoms with Crippen LogP contribution in [0.5, 0.6) is 11.5 Å². The summed E-state index contributed by atoms with van der Waals surface area (Å²) in [5, 5.41) is 3.00. The topological polar surface area (TPSA) is 43.3 Å². The summed E-state index contributed by atoms with van der Waals surface area (Å²) in [4.78, 5) is 14.2. The Labute approximate surface area is 186 Å². The number of aromatic nitrogens is 1. The van der Waals surface area contributed by atoms with E-state index >= 15 is 0 Å². The minimum absolute atomic E-state index is 0.127. The number of para-hydroxylation sites is 2. The van der Waals surface area contributed by atoms with Crippen molar-refractivity contribution in [3.63, 3.8) is 0 Å². The third-order valence-electron chi connectivity index (χ3n) is 5.14. The summed E-state index contributed by atoms with van der Waals surface area (Å²) in [6.45, 7) is 1.97. The van der Waals surface area contributed by atoms with Crippen LogP contribution in [0.15, 0.2) is 90.0 Å². The van der Waals surface area contributed by atoms with Gasteiger partial charge in [-0.25, -0.2) is 0 Å². The van der Waals surface area contributed by atoms with Gasteiger partial charge in [0.2, 0.25) is 0 Å². The van der Waals surface area contributed by atoms with Gasteiger partial charge in [0.05, 0.1) is 11.3 Å². The van der Waals surface area contributed by atoms with E-state index in [-0.39, 0.29) is 5.91 Å². The van der Waals surface area contributed by atoms with Crippen LogP contribution in [0.1, 0.15) is 15.9 Å². The maximum Gasteiger partial charge on any atom is 0.257 e. The zero-order chi connectivity index (χ0) is 21.8. The first kappa shape index (κ1) is 20.8. The molecule has 0 aliphatic carbocycles. The van der Waals surface area contributed by atoms with E-state index in [1.54, 1.807) is 11.8 Å². The van der Waals surface area contributed by atoms with E-state index in [0.29, 0.717) is 5.56 Å². The monoisotopic (exact) mass is 428 g/mol. The normalized spacial score (nSPS) is 10.7. The van der Waals surface area contributed by atoms with Crippen LogP contribution >= 0.6 is 11.8 Å². The summed E-state index contributed by atoms with van der Waals surface area (Å²) in [5.41, 5.74) is 4.22. The van der Waals surface area contributed by atoms with Crippen LogP contribution in [0, 0.1) is 6.92 Å². The van der Waals surface area contributed by atoms with E-state index in [1.165, 1.54) is 0 Å². The van der Waals surface area contributed by atoms with Gasteiger partial charge in [-0.2, -0.15) is 0 Å². The molecule has 0 spiro atoms. The SMILES string of the molecule is CSc1ccc(NC(=O)c2cn(C)c(-c3ccccc3Oc3ccccc3)c2C)cc1. The first-order valence-electron chi connectivity index (χ1n) is 10.0. The lowest BCUT2D eigenvalue weighted by Crippen LogP contribution is -2.12. The molecule has 5 heteroatoms. The second-order valence-electron chi connectivity index (χ2n) is 7.22. The predicted octanol–water partition coefficient (Wildman–Crippen LogP) is 6.77. The quantitative estimate of drug-likeness (QED) is 0.345. The number of hydrogen-bond acceptors (Lipinski definition) is 3. The summed E-state index contributed by atoms with van der Waals surface area (Å²) in [5.74, 6) is 1.39. The van der Waals surface area contributed by atoms with Crippen molar-refractivity contribution in [3.8, 4) is 22.8 Å². The summed E-state index contributed by atoms with van der Waals surface area (Å²) >= 11 is 1.67. The molecule has 1 N–H and O–H groups in total. The van der Waals surface area contributed by atoms with Crippen molar-refractivity contribution in [3.05, 3.63) is 96.2 Å². The fraction of sp³-hybridized carbons (Fsp3) is 0.115. The molecule has 0 radical (unpaired) electrons. The third-order valence-corrected chi connectivity index (χ3v) is 5.88. The Morgan fingerprint density at radius 1 is 0.935 bits per heavy atom. The third kappa shape index (κ3) is 4.52. The average Bonchev–Trinajstić information content (AvgIpc) is 3.09. The Bertz CT molecular complexity index is 1200.